The predicted molar refractivity (Wildman–Crippen MR) is 79.1 cm³/mol. The molecular formula is C14H14N4OS. The molecule has 0 bridgehead atoms. The van der Waals surface area contributed by atoms with E-state index >= 15 is 0 Å². The smallest absolute Gasteiger partial charge is 0.223 e. The van der Waals surface area contributed by atoms with Crippen molar-refractivity contribution < 1.29 is 4.79 Å². The van der Waals surface area contributed by atoms with Gasteiger partial charge in [0.15, 0.2) is 5.01 Å². The Hall–Kier alpha value is -2.05. The number of thiazole rings is 1. The number of nitrogens with one attached hydrogen (secondary N) is 2. The Kier molecular flexibility index (Phi) is 3.33. The number of H-pyrrole nitrogens is 1. The Morgan fingerprint density at radius 2 is 2.35 bits per heavy atom. The Morgan fingerprint density at radius 1 is 1.50 bits per heavy atom. The van der Waals surface area contributed by atoms with Crippen LogP contribution in [-0.2, 0) is 0 Å². The van der Waals surface area contributed by atoms with E-state index in [1.165, 1.54) is 11.3 Å². The van der Waals surface area contributed by atoms with Crippen molar-refractivity contribution in [3.8, 4) is 0 Å². The largest absolute Gasteiger partial charge is 0.345 e. The zero-order chi connectivity index (χ0) is 14.1. The Balaban J connectivity index is 1.98. The van der Waals surface area contributed by atoms with Crippen LogP contribution in [-0.4, -0.2) is 27.8 Å². The van der Waals surface area contributed by atoms with Gasteiger partial charge in [0, 0.05) is 29.2 Å². The minimum atomic E-state index is -0.0659. The van der Waals surface area contributed by atoms with Gasteiger partial charge in [-0.3, -0.25) is 4.79 Å². The predicted octanol–water partition coefficient (Wildman–Crippen LogP) is 2.53. The molecule has 0 amide bonds. The van der Waals surface area contributed by atoms with E-state index in [0.717, 1.165) is 16.7 Å². The molecular weight excluding hydrogens is 272 g/mol. The minimum Gasteiger partial charge on any atom is -0.345 e. The second kappa shape index (κ2) is 5.15. The molecule has 0 aliphatic carbocycles. The normalized spacial score (nSPS) is 12.7. The third kappa shape index (κ3) is 2.13. The van der Waals surface area contributed by atoms with E-state index in [4.69, 9.17) is 0 Å². The van der Waals surface area contributed by atoms with E-state index in [-0.39, 0.29) is 11.8 Å². The molecule has 0 aliphatic heterocycles. The van der Waals surface area contributed by atoms with Gasteiger partial charge in [0.05, 0.1) is 11.3 Å². The first-order valence-corrected chi connectivity index (χ1v) is 7.18. The van der Waals surface area contributed by atoms with Crippen LogP contribution in [0.2, 0.25) is 0 Å². The number of carbonyl (C=O) groups excluding carboxylic acids is 1. The zero-order valence-electron chi connectivity index (χ0n) is 11.2. The fourth-order valence-electron chi connectivity index (χ4n) is 2.00. The molecule has 1 unspecified atom stereocenters. The highest BCUT2D eigenvalue weighted by atomic mass is 32.1. The number of aromatic amines is 1. The van der Waals surface area contributed by atoms with Crippen molar-refractivity contribution in [2.45, 2.75) is 13.0 Å². The van der Waals surface area contributed by atoms with Crippen molar-refractivity contribution in [3.63, 3.8) is 0 Å². The summed E-state index contributed by atoms with van der Waals surface area (Å²) >= 11 is 1.37. The van der Waals surface area contributed by atoms with Gasteiger partial charge >= 0.3 is 0 Å². The monoisotopic (exact) mass is 286 g/mol. The third-order valence-corrected chi connectivity index (χ3v) is 4.15. The van der Waals surface area contributed by atoms with Crippen molar-refractivity contribution in [1.29, 1.82) is 0 Å². The molecule has 2 N–H and O–H groups in total. The van der Waals surface area contributed by atoms with Crippen LogP contribution in [0.25, 0.3) is 11.0 Å². The van der Waals surface area contributed by atoms with E-state index in [2.05, 4.69) is 20.3 Å². The first kappa shape index (κ1) is 13.0. The van der Waals surface area contributed by atoms with Gasteiger partial charge in [-0.2, -0.15) is 0 Å². The lowest BCUT2D eigenvalue weighted by Gasteiger charge is -2.04. The number of fused-ring (bicyclic) bond motifs is 1. The molecule has 3 rings (SSSR count). The molecule has 0 saturated heterocycles. The second-order valence-electron chi connectivity index (χ2n) is 4.52. The first-order chi connectivity index (χ1) is 9.70. The number of ketones is 1. The van der Waals surface area contributed by atoms with Crippen LogP contribution in [0.5, 0.6) is 0 Å². The molecule has 1 atom stereocenters. The highest BCUT2D eigenvalue weighted by molar-refractivity contribution is 7.12. The maximum atomic E-state index is 12.5. The molecule has 102 valence electrons. The Bertz CT molecular complexity index is 761. The molecule has 6 heteroatoms. The van der Waals surface area contributed by atoms with Crippen LogP contribution in [0.1, 0.15) is 34.0 Å². The molecule has 0 aromatic carbocycles. The van der Waals surface area contributed by atoms with Crippen LogP contribution in [0, 0.1) is 0 Å². The summed E-state index contributed by atoms with van der Waals surface area (Å²) in [6.45, 7) is 2.01. The number of carbonyl (C=O) groups is 1. The minimum absolute atomic E-state index is 0.0659. The summed E-state index contributed by atoms with van der Waals surface area (Å²) in [6.07, 6.45) is 3.39. The van der Waals surface area contributed by atoms with Crippen LogP contribution in [0.15, 0.2) is 29.9 Å². The molecule has 0 spiro atoms. The summed E-state index contributed by atoms with van der Waals surface area (Å²) in [4.78, 5) is 24.1. The zero-order valence-corrected chi connectivity index (χ0v) is 12.0. The van der Waals surface area contributed by atoms with E-state index in [1.807, 2.05) is 31.5 Å². The molecule has 3 aromatic rings. The van der Waals surface area contributed by atoms with Crippen LogP contribution < -0.4 is 5.32 Å². The Morgan fingerprint density at radius 3 is 3.15 bits per heavy atom. The average molecular weight is 286 g/mol. The lowest BCUT2D eigenvalue weighted by atomic mass is 10.1. The quantitative estimate of drug-likeness (QED) is 0.723. The third-order valence-electron chi connectivity index (χ3n) is 3.29. The maximum Gasteiger partial charge on any atom is 0.223 e. The summed E-state index contributed by atoms with van der Waals surface area (Å²) < 4.78 is 0. The van der Waals surface area contributed by atoms with Crippen molar-refractivity contribution in [3.05, 3.63) is 46.2 Å². The van der Waals surface area contributed by atoms with Gasteiger partial charge in [-0.25, -0.2) is 9.97 Å². The van der Waals surface area contributed by atoms with Gasteiger partial charge in [-0.15, -0.1) is 11.3 Å². The van der Waals surface area contributed by atoms with E-state index in [0.29, 0.717) is 10.6 Å². The SMILES string of the molecule is CNC(C)c1csc(C(=O)c2c[nH]c3ncccc23)n1. The number of nitrogens with zero attached hydrogens (tertiary/aromatic N) is 2. The summed E-state index contributed by atoms with van der Waals surface area (Å²) in [7, 11) is 1.87. The van der Waals surface area contributed by atoms with Crippen LogP contribution in [0.4, 0.5) is 0 Å². The van der Waals surface area contributed by atoms with Crippen LogP contribution in [0.3, 0.4) is 0 Å². The molecule has 0 fully saturated rings. The standard InChI is InChI=1S/C14H14N4OS/c1-8(15-2)11-7-20-14(18-11)12(19)10-6-17-13-9(10)4-3-5-16-13/h3-8,15H,1-2H3,(H,16,17). The maximum absolute atomic E-state index is 12.5. The molecule has 20 heavy (non-hydrogen) atoms. The highest BCUT2D eigenvalue weighted by Crippen LogP contribution is 2.23. The van der Waals surface area contributed by atoms with Crippen LogP contribution >= 0.6 is 11.3 Å². The lowest BCUT2D eigenvalue weighted by Crippen LogP contribution is -2.13. The van der Waals surface area contributed by atoms with Gasteiger partial charge < -0.3 is 10.3 Å². The van der Waals surface area contributed by atoms with Gasteiger partial charge in [0.1, 0.15) is 5.65 Å². The molecule has 0 radical (unpaired) electrons. The summed E-state index contributed by atoms with van der Waals surface area (Å²) in [5, 5.41) is 6.37. The van der Waals surface area contributed by atoms with E-state index in [9.17, 15) is 4.79 Å². The fourth-order valence-corrected chi connectivity index (χ4v) is 2.86. The van der Waals surface area contributed by atoms with Gasteiger partial charge in [0.25, 0.3) is 0 Å². The van der Waals surface area contributed by atoms with E-state index < -0.39 is 0 Å². The van der Waals surface area contributed by atoms with Crippen molar-refractivity contribution >= 4 is 28.2 Å². The van der Waals surface area contributed by atoms with Gasteiger partial charge in [-0.1, -0.05) is 0 Å². The second-order valence-corrected chi connectivity index (χ2v) is 5.38. The topological polar surface area (TPSA) is 70.7 Å². The van der Waals surface area contributed by atoms with Gasteiger partial charge in [0.2, 0.25) is 5.78 Å². The van der Waals surface area contributed by atoms with Gasteiger partial charge in [-0.05, 0) is 26.1 Å². The number of pyridine rings is 1. The number of hydrogen-bond acceptors (Lipinski definition) is 5. The van der Waals surface area contributed by atoms with E-state index in [1.54, 1.807) is 12.4 Å². The fraction of sp³-hybridized carbons (Fsp3) is 0.214. The molecule has 3 heterocycles. The van der Waals surface area contributed by atoms with Crippen molar-refractivity contribution in [2.24, 2.45) is 0 Å². The molecule has 0 aliphatic rings. The number of aromatic nitrogens is 3. The molecule has 0 saturated carbocycles. The number of rotatable bonds is 4. The molecule has 3 aromatic heterocycles. The summed E-state index contributed by atoms with van der Waals surface area (Å²) in [6, 6.07) is 3.84. The number of hydrogen-bond donors (Lipinski definition) is 2. The van der Waals surface area contributed by atoms with Crippen molar-refractivity contribution in [2.75, 3.05) is 7.05 Å². The highest BCUT2D eigenvalue weighted by Gasteiger charge is 2.19. The first-order valence-electron chi connectivity index (χ1n) is 6.30. The molecule has 5 nitrogen and oxygen atoms in total. The lowest BCUT2D eigenvalue weighted by molar-refractivity contribution is 0.103. The average Bonchev–Trinajstić information content (AvgIpc) is 3.12. The Labute approximate surface area is 120 Å². The summed E-state index contributed by atoms with van der Waals surface area (Å²) in [5.41, 5.74) is 2.22. The summed E-state index contributed by atoms with van der Waals surface area (Å²) in [5.74, 6) is -0.0659. The van der Waals surface area contributed by atoms with Crippen molar-refractivity contribution in [1.82, 2.24) is 20.3 Å².